The fourth-order valence-electron chi connectivity index (χ4n) is 2.35. The lowest BCUT2D eigenvalue weighted by atomic mass is 10.1. The number of fused-ring (bicyclic) bond motifs is 1. The molecule has 3 rings (SSSR count). The van der Waals surface area contributed by atoms with Gasteiger partial charge in [0, 0.05) is 30.5 Å². The molecule has 1 aromatic carbocycles. The predicted molar refractivity (Wildman–Crippen MR) is 77.6 cm³/mol. The average Bonchev–Trinajstić information content (AvgIpc) is 3.17. The molecule has 0 spiro atoms. The van der Waals surface area contributed by atoms with Gasteiger partial charge >= 0.3 is 0 Å². The first-order valence-corrected chi connectivity index (χ1v) is 7.02. The summed E-state index contributed by atoms with van der Waals surface area (Å²) < 4.78 is 28.7. The molecule has 1 unspecified atom stereocenters. The third-order valence-corrected chi connectivity index (χ3v) is 4.11. The third-order valence-electron chi connectivity index (χ3n) is 3.70. The van der Waals surface area contributed by atoms with Gasteiger partial charge in [0.2, 0.25) is 0 Å². The van der Waals surface area contributed by atoms with Crippen molar-refractivity contribution in [1.29, 1.82) is 0 Å². The minimum atomic E-state index is -0.869. The van der Waals surface area contributed by atoms with E-state index in [1.54, 1.807) is 0 Å². The van der Waals surface area contributed by atoms with Gasteiger partial charge in [-0.25, -0.2) is 13.8 Å². The van der Waals surface area contributed by atoms with E-state index in [2.05, 4.69) is 4.98 Å². The van der Waals surface area contributed by atoms with E-state index in [4.69, 9.17) is 18.0 Å². The number of imidazole rings is 1. The quantitative estimate of drug-likeness (QED) is 0.881. The summed E-state index contributed by atoms with van der Waals surface area (Å²) in [6, 6.07) is 2.36. The molecular weight excluding hydrogens is 280 g/mol. The molecule has 1 saturated carbocycles. The Bertz CT molecular complexity index is 691. The molecule has 6 heteroatoms. The van der Waals surface area contributed by atoms with Crippen LogP contribution < -0.4 is 5.73 Å². The molecular formula is C14H15F2N3S. The molecule has 3 nitrogen and oxygen atoms in total. The number of benzene rings is 1. The summed E-state index contributed by atoms with van der Waals surface area (Å²) in [7, 11) is 0. The van der Waals surface area contributed by atoms with Gasteiger partial charge in [-0.15, -0.1) is 0 Å². The van der Waals surface area contributed by atoms with Crippen LogP contribution in [0.1, 0.15) is 31.5 Å². The third kappa shape index (κ3) is 2.28. The second-order valence-corrected chi connectivity index (χ2v) is 5.88. The molecule has 1 aromatic heterocycles. The molecule has 0 aliphatic heterocycles. The van der Waals surface area contributed by atoms with Gasteiger partial charge in [0.1, 0.15) is 5.82 Å². The highest BCUT2D eigenvalue weighted by Gasteiger charge is 2.30. The first kappa shape index (κ1) is 13.4. The number of nitrogens with two attached hydrogens (primary N) is 1. The Labute approximate surface area is 120 Å². The molecule has 0 amide bonds. The minimum Gasteiger partial charge on any atom is -0.393 e. The van der Waals surface area contributed by atoms with E-state index < -0.39 is 11.6 Å². The Kier molecular flexibility index (Phi) is 3.20. The summed E-state index contributed by atoms with van der Waals surface area (Å²) in [6.45, 7) is 2.47. The fraction of sp³-hybridized carbons (Fsp3) is 0.429. The van der Waals surface area contributed by atoms with E-state index >= 15 is 0 Å². The van der Waals surface area contributed by atoms with Crippen LogP contribution in [0.2, 0.25) is 0 Å². The molecule has 2 N–H and O–H groups in total. The maximum atomic E-state index is 13.5. The van der Waals surface area contributed by atoms with E-state index in [1.165, 1.54) is 6.07 Å². The number of hydrogen-bond acceptors (Lipinski definition) is 2. The maximum absolute atomic E-state index is 13.5. The highest BCUT2D eigenvalue weighted by Crippen LogP contribution is 2.41. The van der Waals surface area contributed by atoms with Crippen molar-refractivity contribution >= 4 is 28.2 Å². The van der Waals surface area contributed by atoms with Crippen molar-refractivity contribution in [2.45, 2.75) is 32.2 Å². The van der Waals surface area contributed by atoms with Gasteiger partial charge in [0.05, 0.1) is 16.0 Å². The molecule has 106 valence electrons. The summed E-state index contributed by atoms with van der Waals surface area (Å²) in [4.78, 5) is 4.87. The lowest BCUT2D eigenvalue weighted by molar-refractivity contribution is 0.509. The van der Waals surface area contributed by atoms with Crippen molar-refractivity contribution in [3.63, 3.8) is 0 Å². The second-order valence-electron chi connectivity index (χ2n) is 5.41. The Morgan fingerprint density at radius 2 is 2.10 bits per heavy atom. The SMILES string of the molecule is CC(Cn1c(C2CC2)nc2cc(F)c(F)cc21)C(N)=S. The number of rotatable bonds is 4. The van der Waals surface area contributed by atoms with Crippen molar-refractivity contribution in [1.82, 2.24) is 9.55 Å². The van der Waals surface area contributed by atoms with Gasteiger partial charge in [-0.3, -0.25) is 0 Å². The molecule has 0 bridgehead atoms. The van der Waals surface area contributed by atoms with Gasteiger partial charge in [0.25, 0.3) is 0 Å². The van der Waals surface area contributed by atoms with E-state index in [-0.39, 0.29) is 5.92 Å². The van der Waals surface area contributed by atoms with E-state index in [0.717, 1.165) is 24.7 Å². The number of hydrogen-bond donors (Lipinski definition) is 1. The minimum absolute atomic E-state index is 0.0204. The van der Waals surface area contributed by atoms with Crippen LogP contribution >= 0.6 is 12.2 Å². The van der Waals surface area contributed by atoms with Crippen LogP contribution in [-0.2, 0) is 6.54 Å². The largest absolute Gasteiger partial charge is 0.393 e. The van der Waals surface area contributed by atoms with Crippen molar-refractivity contribution in [2.24, 2.45) is 11.7 Å². The number of aromatic nitrogens is 2. The van der Waals surface area contributed by atoms with Crippen molar-refractivity contribution in [3.05, 3.63) is 29.6 Å². The Morgan fingerprint density at radius 1 is 1.45 bits per heavy atom. The normalized spacial score (nSPS) is 16.6. The van der Waals surface area contributed by atoms with Crippen LogP contribution in [0, 0.1) is 17.6 Å². The Hall–Kier alpha value is -1.56. The molecule has 1 aliphatic carbocycles. The van der Waals surface area contributed by atoms with Gasteiger partial charge in [-0.05, 0) is 12.8 Å². The van der Waals surface area contributed by atoms with Crippen LogP contribution in [0.4, 0.5) is 8.78 Å². The summed E-state index contributed by atoms with van der Waals surface area (Å²) in [5.74, 6) is -0.482. The lowest BCUT2D eigenvalue weighted by Gasteiger charge is -2.14. The smallest absolute Gasteiger partial charge is 0.161 e. The van der Waals surface area contributed by atoms with Crippen molar-refractivity contribution in [3.8, 4) is 0 Å². The van der Waals surface area contributed by atoms with Crippen molar-refractivity contribution < 1.29 is 8.78 Å². The average molecular weight is 295 g/mol. The molecule has 1 heterocycles. The fourth-order valence-corrected chi connectivity index (χ4v) is 2.42. The van der Waals surface area contributed by atoms with Gasteiger partial charge in [-0.1, -0.05) is 19.1 Å². The van der Waals surface area contributed by atoms with Crippen LogP contribution in [0.25, 0.3) is 11.0 Å². The number of nitrogens with zero attached hydrogens (tertiary/aromatic N) is 2. The van der Waals surface area contributed by atoms with E-state index in [9.17, 15) is 8.78 Å². The van der Waals surface area contributed by atoms with E-state index in [0.29, 0.717) is 28.5 Å². The monoisotopic (exact) mass is 295 g/mol. The summed E-state index contributed by atoms with van der Waals surface area (Å²) in [5.41, 5.74) is 6.75. The zero-order valence-electron chi connectivity index (χ0n) is 11.1. The van der Waals surface area contributed by atoms with Crippen LogP contribution in [0.5, 0.6) is 0 Å². The van der Waals surface area contributed by atoms with Gasteiger partial charge < -0.3 is 10.3 Å². The molecule has 0 saturated heterocycles. The zero-order valence-corrected chi connectivity index (χ0v) is 11.9. The first-order valence-electron chi connectivity index (χ1n) is 6.62. The summed E-state index contributed by atoms with van der Waals surface area (Å²) in [5, 5.41) is 0. The van der Waals surface area contributed by atoms with Crippen LogP contribution in [0.15, 0.2) is 12.1 Å². The Morgan fingerprint density at radius 3 is 2.70 bits per heavy atom. The lowest BCUT2D eigenvalue weighted by Crippen LogP contribution is -2.23. The van der Waals surface area contributed by atoms with Crippen molar-refractivity contribution in [2.75, 3.05) is 0 Å². The molecule has 0 radical (unpaired) electrons. The standard InChI is InChI=1S/C14H15F2N3S/c1-7(13(17)20)6-19-12-5-10(16)9(15)4-11(12)18-14(19)8-2-3-8/h4-5,7-8H,2-3,6H2,1H3,(H2,17,20). The molecule has 1 aliphatic rings. The summed E-state index contributed by atoms with van der Waals surface area (Å²) >= 11 is 5.00. The topological polar surface area (TPSA) is 43.8 Å². The predicted octanol–water partition coefficient (Wildman–Crippen LogP) is 3.11. The zero-order chi connectivity index (χ0) is 14.4. The Balaban J connectivity index is 2.13. The summed E-state index contributed by atoms with van der Waals surface area (Å²) in [6.07, 6.45) is 2.13. The van der Waals surface area contributed by atoms with Gasteiger partial charge in [0.15, 0.2) is 11.6 Å². The first-order chi connectivity index (χ1) is 9.47. The number of thiocarbonyl (C=S) groups is 1. The second kappa shape index (κ2) is 4.77. The highest BCUT2D eigenvalue weighted by molar-refractivity contribution is 7.80. The molecule has 2 aromatic rings. The van der Waals surface area contributed by atoms with Crippen LogP contribution in [0.3, 0.4) is 0 Å². The number of halogens is 2. The van der Waals surface area contributed by atoms with Gasteiger partial charge in [-0.2, -0.15) is 0 Å². The van der Waals surface area contributed by atoms with E-state index in [1.807, 2.05) is 11.5 Å². The highest BCUT2D eigenvalue weighted by atomic mass is 32.1. The molecule has 1 atom stereocenters. The molecule has 1 fully saturated rings. The molecule has 20 heavy (non-hydrogen) atoms. The maximum Gasteiger partial charge on any atom is 0.161 e. The van der Waals surface area contributed by atoms with Crippen LogP contribution in [-0.4, -0.2) is 14.5 Å².